The number of amides is 1. The van der Waals surface area contributed by atoms with Crippen molar-refractivity contribution in [1.82, 2.24) is 4.90 Å². The number of hydrogen-bond acceptors (Lipinski definition) is 11. The van der Waals surface area contributed by atoms with Crippen molar-refractivity contribution < 1.29 is 52.9 Å². The van der Waals surface area contributed by atoms with Crippen LogP contribution in [0.3, 0.4) is 0 Å². The summed E-state index contributed by atoms with van der Waals surface area (Å²) < 4.78 is 25.9. The average Bonchev–Trinajstić information content (AvgIpc) is 2.73. The van der Waals surface area contributed by atoms with E-state index >= 15 is 0 Å². The Bertz CT molecular complexity index is 1370. The normalized spacial score (nSPS) is 31.3. The van der Waals surface area contributed by atoms with Crippen molar-refractivity contribution in [3.05, 3.63) is 46.2 Å². The van der Waals surface area contributed by atoms with E-state index in [1.807, 2.05) is 0 Å². The second kappa shape index (κ2) is 8.92. The molecule has 13 nitrogen and oxygen atoms in total. The Balaban J connectivity index is 0.000000695. The number of fused-ring (bicyclic) bond motifs is 3. The molecule has 0 spiro atoms. The molecule has 202 valence electrons. The number of carbonyl (C=O) groups excluding carboxylic acids is 3. The maximum atomic E-state index is 13.7. The van der Waals surface area contributed by atoms with Gasteiger partial charge in [0.05, 0.1) is 23.5 Å². The van der Waals surface area contributed by atoms with Gasteiger partial charge >= 0.3 is 0 Å². The van der Waals surface area contributed by atoms with E-state index in [4.69, 9.17) is 10.3 Å². The summed E-state index contributed by atoms with van der Waals surface area (Å²) in [5, 5.41) is 54.9. The molecule has 3 aliphatic rings. The quantitative estimate of drug-likeness (QED) is 0.179. The number of Topliss-reactive ketones (excluding diaryl/α,β-unsaturated/α-hetero) is 2. The number of primary amides is 1. The van der Waals surface area contributed by atoms with Crippen LogP contribution in [-0.4, -0.2) is 92.9 Å². The van der Waals surface area contributed by atoms with Gasteiger partial charge in [-0.3, -0.25) is 23.8 Å². The largest absolute Gasteiger partial charge is 0.508 e. The molecule has 0 aromatic heterocycles. The minimum absolute atomic E-state index is 0.170. The minimum atomic E-state index is -3.67. The van der Waals surface area contributed by atoms with Crippen molar-refractivity contribution in [3.63, 3.8) is 0 Å². The van der Waals surface area contributed by atoms with E-state index < -0.39 is 85.1 Å². The number of carbonyl (C=O) groups is 3. The molecule has 37 heavy (non-hydrogen) atoms. The van der Waals surface area contributed by atoms with Crippen LogP contribution in [0.1, 0.15) is 24.5 Å². The van der Waals surface area contributed by atoms with Crippen molar-refractivity contribution in [2.24, 2.45) is 17.6 Å². The van der Waals surface area contributed by atoms with Gasteiger partial charge < -0.3 is 31.3 Å². The van der Waals surface area contributed by atoms with Crippen molar-refractivity contribution in [3.8, 4) is 5.75 Å². The smallest absolute Gasteiger partial charge is 0.261 e. The summed E-state index contributed by atoms with van der Waals surface area (Å²) in [7, 11) is -0.659. The van der Waals surface area contributed by atoms with Crippen LogP contribution in [0, 0.1) is 11.8 Å². The zero-order valence-corrected chi connectivity index (χ0v) is 21.1. The summed E-state index contributed by atoms with van der Waals surface area (Å²) in [4.78, 5) is 40.0. The standard InChI is InChI=1S/C22H24N2O8.CH4O3S/c1-21(31)8-5-4-6-11(25)12(8)16(26)13-9(21)7-10-15(24(2)3)17(27)14(20(23)30)19(29)22(10,32)18(13)28;1-5(2,3)4/h4-6,9-10,15,25-26,29,31-32H,7H2,1-3H3,(H2,23,30);1H3,(H,2,3,4)/t9-,10-,15-,21-,22+;/m0./s1. The Morgan fingerprint density at radius 3 is 2.16 bits per heavy atom. The molecule has 0 bridgehead atoms. The second-order valence-electron chi connectivity index (χ2n) is 9.69. The first-order valence-corrected chi connectivity index (χ1v) is 12.7. The molecule has 1 saturated carbocycles. The van der Waals surface area contributed by atoms with E-state index in [2.05, 4.69) is 0 Å². The van der Waals surface area contributed by atoms with Crippen LogP contribution < -0.4 is 5.73 Å². The van der Waals surface area contributed by atoms with Crippen LogP contribution in [0.4, 0.5) is 0 Å². The van der Waals surface area contributed by atoms with Gasteiger partial charge in [0.15, 0.2) is 11.4 Å². The summed E-state index contributed by atoms with van der Waals surface area (Å²) >= 11 is 0. The number of nitrogens with zero attached hydrogens (tertiary/aromatic N) is 1. The molecule has 3 aliphatic carbocycles. The molecule has 1 amide bonds. The SMILES string of the molecule is CN(C)[C@@H]1C(=O)C(C(N)=O)=C(O)[C@]2(O)C(=O)C3=C(O)c4c(O)cccc4[C@](C)(O)[C@H]3C[C@@H]12.CS(=O)(=O)O. The lowest BCUT2D eigenvalue weighted by Crippen LogP contribution is -2.67. The maximum Gasteiger partial charge on any atom is 0.261 e. The molecule has 14 heteroatoms. The van der Waals surface area contributed by atoms with E-state index in [0.717, 1.165) is 0 Å². The van der Waals surface area contributed by atoms with Crippen molar-refractivity contribution in [2.45, 2.75) is 30.6 Å². The maximum absolute atomic E-state index is 13.7. The molecule has 1 aromatic rings. The Hall–Kier alpha value is -3.30. The molecule has 0 aliphatic heterocycles. The molecule has 4 rings (SSSR count). The fourth-order valence-electron chi connectivity index (χ4n) is 5.50. The lowest BCUT2D eigenvalue weighted by molar-refractivity contribution is -0.159. The number of hydrogen-bond donors (Lipinski definition) is 7. The fourth-order valence-corrected chi connectivity index (χ4v) is 5.50. The van der Waals surface area contributed by atoms with Gasteiger partial charge in [0.2, 0.25) is 5.78 Å². The van der Waals surface area contributed by atoms with Crippen LogP contribution in [0.5, 0.6) is 5.75 Å². The van der Waals surface area contributed by atoms with Crippen LogP contribution in [0.2, 0.25) is 0 Å². The highest BCUT2D eigenvalue weighted by atomic mass is 32.2. The second-order valence-corrected chi connectivity index (χ2v) is 11.2. The zero-order chi connectivity index (χ0) is 28.4. The van der Waals surface area contributed by atoms with E-state index in [-0.39, 0.29) is 17.5 Å². The number of ketones is 2. The van der Waals surface area contributed by atoms with Crippen LogP contribution in [0.25, 0.3) is 5.76 Å². The number of rotatable bonds is 2. The van der Waals surface area contributed by atoms with Crippen LogP contribution >= 0.6 is 0 Å². The molecular weight excluding hydrogens is 512 g/mol. The molecule has 0 radical (unpaired) electrons. The molecular formula is C23H28N2O11S. The summed E-state index contributed by atoms with van der Waals surface area (Å²) in [6.45, 7) is 1.40. The van der Waals surface area contributed by atoms with E-state index in [1.165, 1.54) is 44.1 Å². The first kappa shape index (κ1) is 28.3. The summed E-state index contributed by atoms with van der Waals surface area (Å²) in [6.07, 6.45) is 0.515. The lowest BCUT2D eigenvalue weighted by Gasteiger charge is -2.53. The van der Waals surface area contributed by atoms with Crippen LogP contribution in [-0.2, 0) is 30.1 Å². The van der Waals surface area contributed by atoms with Gasteiger partial charge in [-0.1, -0.05) is 12.1 Å². The van der Waals surface area contributed by atoms with Gasteiger partial charge in [-0.25, -0.2) is 0 Å². The molecule has 0 heterocycles. The molecule has 5 atom stereocenters. The van der Waals surface area contributed by atoms with Gasteiger partial charge in [-0.05, 0) is 39.1 Å². The Morgan fingerprint density at radius 2 is 1.68 bits per heavy atom. The molecule has 8 N–H and O–H groups in total. The first-order valence-electron chi connectivity index (χ1n) is 10.9. The summed E-state index contributed by atoms with van der Waals surface area (Å²) in [6, 6.07) is 3.02. The van der Waals surface area contributed by atoms with Gasteiger partial charge in [0.25, 0.3) is 16.0 Å². The van der Waals surface area contributed by atoms with Crippen LogP contribution in [0.15, 0.2) is 35.1 Å². The predicted molar refractivity (Wildman–Crippen MR) is 128 cm³/mol. The minimum Gasteiger partial charge on any atom is -0.508 e. The Morgan fingerprint density at radius 1 is 1.14 bits per heavy atom. The van der Waals surface area contributed by atoms with E-state index in [0.29, 0.717) is 6.26 Å². The summed E-state index contributed by atoms with van der Waals surface area (Å²) in [5.74, 6) is -7.90. The van der Waals surface area contributed by atoms with Crippen molar-refractivity contribution in [1.29, 1.82) is 0 Å². The third kappa shape index (κ3) is 4.30. The van der Waals surface area contributed by atoms with Gasteiger partial charge in [0, 0.05) is 17.4 Å². The number of phenolic OH excluding ortho intramolecular Hbond substituents is 1. The zero-order valence-electron chi connectivity index (χ0n) is 20.3. The lowest BCUT2D eigenvalue weighted by atomic mass is 9.54. The third-order valence-corrected chi connectivity index (χ3v) is 7.02. The van der Waals surface area contributed by atoms with Gasteiger partial charge in [-0.2, -0.15) is 8.42 Å². The van der Waals surface area contributed by atoms with E-state index in [9.17, 15) is 48.3 Å². The number of aliphatic hydroxyl groups is 4. The number of likely N-dealkylation sites (N-methyl/N-ethyl adjacent to an activating group) is 1. The monoisotopic (exact) mass is 540 g/mol. The third-order valence-electron chi connectivity index (χ3n) is 7.02. The number of nitrogens with two attached hydrogens (primary N) is 1. The molecule has 0 unspecified atom stereocenters. The number of benzene rings is 1. The van der Waals surface area contributed by atoms with Crippen molar-refractivity contribution >= 4 is 33.4 Å². The average molecular weight is 541 g/mol. The van der Waals surface area contributed by atoms with Crippen molar-refractivity contribution in [2.75, 3.05) is 20.4 Å². The number of phenols is 1. The highest BCUT2D eigenvalue weighted by Crippen LogP contribution is 2.57. The topological polar surface area (TPSA) is 236 Å². The first-order chi connectivity index (χ1) is 16.8. The fraction of sp³-hybridized carbons (Fsp3) is 0.435. The molecule has 1 aromatic carbocycles. The highest BCUT2D eigenvalue weighted by Gasteiger charge is 2.66. The van der Waals surface area contributed by atoms with Gasteiger partial charge in [-0.15, -0.1) is 0 Å². The highest BCUT2D eigenvalue weighted by molar-refractivity contribution is 7.85. The molecule has 1 fully saturated rings. The van der Waals surface area contributed by atoms with Gasteiger partial charge in [0.1, 0.15) is 22.8 Å². The predicted octanol–water partition coefficient (Wildman–Crippen LogP) is -0.867. The van der Waals surface area contributed by atoms with E-state index in [1.54, 1.807) is 0 Å². The number of aromatic hydroxyl groups is 1. The number of aliphatic hydroxyl groups excluding tert-OH is 2. The Labute approximate surface area is 211 Å². The summed E-state index contributed by atoms with van der Waals surface area (Å²) in [5.41, 5.74) is -0.548. The molecule has 0 saturated heterocycles. The Kier molecular flexibility index (Phi) is 6.82.